The molecule has 0 atom stereocenters. The number of rotatable bonds is 4. The van der Waals surface area contributed by atoms with Crippen LogP contribution in [0.5, 0.6) is 0 Å². The van der Waals surface area contributed by atoms with Crippen LogP contribution in [0.4, 0.5) is 0 Å². The third-order valence-corrected chi connectivity index (χ3v) is 5.16. The van der Waals surface area contributed by atoms with Crippen molar-refractivity contribution in [2.45, 2.75) is 20.4 Å². The standard InChI is InChI=1S/C20H18N6OS/c1-14-3-5-16(6-4-14)12-25-9-10-28-20(25)22-19(27)17-7-8-18(15(2)11-17)26-13-21-23-24-26/h3-11,13H,12H2,1-2H3. The second-order valence-electron chi connectivity index (χ2n) is 6.47. The Kier molecular flexibility index (Phi) is 4.94. The number of hydrogen-bond donors (Lipinski definition) is 0. The normalized spacial score (nSPS) is 11.7. The van der Waals surface area contributed by atoms with Crippen molar-refractivity contribution in [1.29, 1.82) is 0 Å². The largest absolute Gasteiger partial charge is 0.319 e. The molecule has 0 unspecified atom stereocenters. The van der Waals surface area contributed by atoms with Gasteiger partial charge in [-0.2, -0.15) is 4.99 Å². The number of aryl methyl sites for hydroxylation is 2. The Morgan fingerprint density at radius 3 is 2.68 bits per heavy atom. The van der Waals surface area contributed by atoms with Crippen molar-refractivity contribution in [2.24, 2.45) is 4.99 Å². The van der Waals surface area contributed by atoms with Crippen molar-refractivity contribution in [3.05, 3.63) is 87.4 Å². The van der Waals surface area contributed by atoms with Gasteiger partial charge in [0.25, 0.3) is 5.91 Å². The molecule has 0 aliphatic carbocycles. The molecule has 0 radical (unpaired) electrons. The molecule has 2 aromatic heterocycles. The highest BCUT2D eigenvalue weighted by Gasteiger charge is 2.09. The zero-order valence-corrected chi connectivity index (χ0v) is 16.3. The van der Waals surface area contributed by atoms with E-state index in [0.29, 0.717) is 16.9 Å². The molecule has 0 aliphatic rings. The molecule has 1 amide bonds. The summed E-state index contributed by atoms with van der Waals surface area (Å²) in [5.41, 5.74) is 4.64. The number of nitrogens with zero attached hydrogens (tertiary/aromatic N) is 6. The molecule has 0 saturated carbocycles. The Labute approximate surface area is 165 Å². The van der Waals surface area contributed by atoms with Crippen molar-refractivity contribution in [1.82, 2.24) is 24.8 Å². The zero-order chi connectivity index (χ0) is 19.5. The summed E-state index contributed by atoms with van der Waals surface area (Å²) in [6.45, 7) is 4.65. The van der Waals surface area contributed by atoms with Crippen LogP contribution in [0.15, 0.2) is 65.4 Å². The summed E-state index contributed by atoms with van der Waals surface area (Å²) in [5.74, 6) is -0.272. The van der Waals surface area contributed by atoms with Crippen LogP contribution in [-0.2, 0) is 6.54 Å². The van der Waals surface area contributed by atoms with E-state index in [4.69, 9.17) is 0 Å². The van der Waals surface area contributed by atoms with Crippen molar-refractivity contribution < 1.29 is 4.79 Å². The highest BCUT2D eigenvalue weighted by molar-refractivity contribution is 7.07. The van der Waals surface area contributed by atoms with Gasteiger partial charge >= 0.3 is 0 Å². The molecule has 140 valence electrons. The van der Waals surface area contributed by atoms with Crippen LogP contribution in [0.3, 0.4) is 0 Å². The van der Waals surface area contributed by atoms with E-state index in [1.807, 2.05) is 29.1 Å². The van der Waals surface area contributed by atoms with Crippen LogP contribution >= 0.6 is 11.3 Å². The molecular weight excluding hydrogens is 372 g/mol. The second-order valence-corrected chi connectivity index (χ2v) is 7.34. The fraction of sp³-hybridized carbons (Fsp3) is 0.150. The highest BCUT2D eigenvalue weighted by Crippen LogP contribution is 2.15. The molecule has 0 spiro atoms. The van der Waals surface area contributed by atoms with E-state index in [9.17, 15) is 4.79 Å². The Morgan fingerprint density at radius 1 is 1.14 bits per heavy atom. The maximum atomic E-state index is 12.7. The molecule has 4 rings (SSSR count). The fourth-order valence-electron chi connectivity index (χ4n) is 2.87. The third kappa shape index (κ3) is 3.81. The van der Waals surface area contributed by atoms with Gasteiger partial charge in [0, 0.05) is 23.7 Å². The lowest BCUT2D eigenvalue weighted by molar-refractivity contribution is 0.0997. The molecule has 0 aliphatic heterocycles. The second kappa shape index (κ2) is 7.69. The van der Waals surface area contributed by atoms with E-state index in [0.717, 1.165) is 11.3 Å². The van der Waals surface area contributed by atoms with E-state index >= 15 is 0 Å². The minimum absolute atomic E-state index is 0.272. The number of carbonyl (C=O) groups is 1. The van der Waals surface area contributed by atoms with Gasteiger partial charge in [0.05, 0.1) is 5.69 Å². The topological polar surface area (TPSA) is 78.0 Å². The summed E-state index contributed by atoms with van der Waals surface area (Å²) >= 11 is 1.45. The lowest BCUT2D eigenvalue weighted by Gasteiger charge is -2.06. The van der Waals surface area contributed by atoms with Crippen LogP contribution in [0.25, 0.3) is 5.69 Å². The summed E-state index contributed by atoms with van der Waals surface area (Å²) in [6, 6.07) is 13.7. The summed E-state index contributed by atoms with van der Waals surface area (Å²) in [4.78, 5) is 17.7. The van der Waals surface area contributed by atoms with Crippen LogP contribution in [0, 0.1) is 13.8 Å². The first-order valence-electron chi connectivity index (χ1n) is 8.73. The maximum absolute atomic E-state index is 12.7. The van der Waals surface area contributed by atoms with Gasteiger partial charge in [0.15, 0.2) is 4.80 Å². The quantitative estimate of drug-likeness (QED) is 0.537. The number of aromatic nitrogens is 5. The van der Waals surface area contributed by atoms with Gasteiger partial charge in [-0.25, -0.2) is 4.68 Å². The Bertz CT molecular complexity index is 1170. The molecular formula is C20H18N6OS. The average molecular weight is 390 g/mol. The summed E-state index contributed by atoms with van der Waals surface area (Å²) < 4.78 is 3.55. The Hall–Kier alpha value is -3.39. The number of carbonyl (C=O) groups excluding carboxylic acids is 1. The zero-order valence-electron chi connectivity index (χ0n) is 15.5. The van der Waals surface area contributed by atoms with Crippen LogP contribution in [0.2, 0.25) is 0 Å². The fourth-order valence-corrected chi connectivity index (χ4v) is 3.59. The summed E-state index contributed by atoms with van der Waals surface area (Å²) in [7, 11) is 0. The highest BCUT2D eigenvalue weighted by atomic mass is 32.1. The lowest BCUT2D eigenvalue weighted by atomic mass is 10.1. The number of benzene rings is 2. The van der Waals surface area contributed by atoms with Gasteiger partial charge in [-0.3, -0.25) is 4.79 Å². The Morgan fingerprint density at radius 2 is 1.96 bits per heavy atom. The SMILES string of the molecule is Cc1ccc(Cn2ccsc2=NC(=O)c2ccc(-n3cnnn3)c(C)c2)cc1. The van der Waals surface area contributed by atoms with Gasteiger partial charge in [0.2, 0.25) is 0 Å². The Balaban J connectivity index is 1.60. The summed E-state index contributed by atoms with van der Waals surface area (Å²) in [5, 5.41) is 13.1. The van der Waals surface area contributed by atoms with E-state index < -0.39 is 0 Å². The average Bonchev–Trinajstić information content (AvgIpc) is 3.36. The van der Waals surface area contributed by atoms with Crippen molar-refractivity contribution >= 4 is 17.2 Å². The van der Waals surface area contributed by atoms with Gasteiger partial charge in [-0.15, -0.1) is 16.4 Å². The molecule has 4 aromatic rings. The molecule has 2 heterocycles. The number of amides is 1. The first-order valence-corrected chi connectivity index (χ1v) is 9.61. The van der Waals surface area contributed by atoms with Crippen molar-refractivity contribution in [3.8, 4) is 5.69 Å². The minimum Gasteiger partial charge on any atom is -0.319 e. The van der Waals surface area contributed by atoms with Gasteiger partial charge in [0.1, 0.15) is 6.33 Å². The predicted molar refractivity (Wildman–Crippen MR) is 106 cm³/mol. The molecule has 8 heteroatoms. The molecule has 2 aromatic carbocycles. The monoisotopic (exact) mass is 390 g/mol. The van der Waals surface area contributed by atoms with E-state index in [2.05, 4.69) is 51.7 Å². The smallest absolute Gasteiger partial charge is 0.279 e. The maximum Gasteiger partial charge on any atom is 0.279 e. The van der Waals surface area contributed by atoms with E-state index in [1.54, 1.807) is 16.8 Å². The van der Waals surface area contributed by atoms with Gasteiger partial charge in [-0.1, -0.05) is 29.8 Å². The van der Waals surface area contributed by atoms with E-state index in [1.165, 1.54) is 28.8 Å². The molecule has 7 nitrogen and oxygen atoms in total. The van der Waals surface area contributed by atoms with Crippen LogP contribution in [0.1, 0.15) is 27.0 Å². The molecule has 28 heavy (non-hydrogen) atoms. The number of thiazole rings is 1. The first kappa shape index (κ1) is 18.0. The third-order valence-electron chi connectivity index (χ3n) is 4.37. The molecule has 0 bridgehead atoms. The van der Waals surface area contributed by atoms with Gasteiger partial charge < -0.3 is 4.57 Å². The van der Waals surface area contributed by atoms with Crippen LogP contribution < -0.4 is 4.80 Å². The molecule has 0 saturated heterocycles. The lowest BCUT2D eigenvalue weighted by Crippen LogP contribution is -2.17. The predicted octanol–water partition coefficient (Wildman–Crippen LogP) is 2.93. The summed E-state index contributed by atoms with van der Waals surface area (Å²) in [6.07, 6.45) is 3.47. The number of hydrogen-bond acceptors (Lipinski definition) is 5. The van der Waals surface area contributed by atoms with Crippen molar-refractivity contribution in [3.63, 3.8) is 0 Å². The molecule has 0 N–H and O–H groups in total. The van der Waals surface area contributed by atoms with Crippen molar-refractivity contribution in [2.75, 3.05) is 0 Å². The number of tetrazole rings is 1. The first-order chi connectivity index (χ1) is 13.6. The minimum atomic E-state index is -0.272. The molecule has 0 fully saturated rings. The van der Waals surface area contributed by atoms with Crippen LogP contribution in [-0.4, -0.2) is 30.7 Å². The van der Waals surface area contributed by atoms with Gasteiger partial charge in [-0.05, 0) is 53.6 Å². The van der Waals surface area contributed by atoms with E-state index in [-0.39, 0.29) is 5.91 Å².